The third-order valence-electron chi connectivity index (χ3n) is 15.2. The lowest BCUT2D eigenvalue weighted by Gasteiger charge is -2.11. The Labute approximate surface area is 594 Å². The second-order valence-electron chi connectivity index (χ2n) is 21.8. The minimum absolute atomic E-state index is 0.0455. The highest BCUT2D eigenvalue weighted by atomic mass is 35.5. The number of ether oxygens (including phenoxy) is 3. The Hall–Kier alpha value is -13.6. The van der Waals surface area contributed by atoms with E-state index in [1.165, 1.54) is 192 Å². The predicted octanol–water partition coefficient (Wildman–Crippen LogP) is 9.35. The van der Waals surface area contributed by atoms with Crippen LogP contribution in [0.3, 0.4) is 0 Å². The van der Waals surface area contributed by atoms with Gasteiger partial charge in [-0.25, -0.2) is 42.5 Å². The standard InChI is InChI=1S/3C21H15ClF2N8O3/c3*1-30-20(34)15(9-26-30)32-10-14(28-19(33)13-8-27-31-6-2-5-25-18(13)31)17(29-32)12-7-11(22)3-4-16(12)35-21(23)24/h3*2-10,21,26H,1H3,(H,28,33). The number of carbonyl (C=O) groups is 3. The van der Waals surface area contributed by atoms with E-state index in [2.05, 4.69) is 91.0 Å². The van der Waals surface area contributed by atoms with Gasteiger partial charge in [0.25, 0.3) is 34.4 Å². The van der Waals surface area contributed by atoms with Gasteiger partial charge in [-0.2, -0.15) is 56.9 Å². The molecule has 12 heterocycles. The number of amides is 3. The molecule has 0 unspecified atom stereocenters. The van der Waals surface area contributed by atoms with Gasteiger partial charge in [0, 0.05) is 109 Å². The molecule has 0 aliphatic rings. The average molecular weight is 1500 g/mol. The maximum absolute atomic E-state index is 13.1. The molecular formula is C63H45Cl3F6N24O9. The lowest BCUT2D eigenvalue weighted by atomic mass is 10.1. The number of hydrogen-bond donors (Lipinski definition) is 6. The molecule has 42 heteroatoms. The summed E-state index contributed by atoms with van der Waals surface area (Å²) in [7, 11) is 4.55. The number of H-pyrrole nitrogens is 3. The zero-order valence-electron chi connectivity index (χ0n) is 53.4. The van der Waals surface area contributed by atoms with Crippen molar-refractivity contribution < 1.29 is 54.9 Å². The van der Waals surface area contributed by atoms with Crippen molar-refractivity contribution in [3.05, 3.63) is 229 Å². The summed E-state index contributed by atoms with van der Waals surface area (Å²) in [6, 6.07) is 17.0. The molecule has 534 valence electrons. The van der Waals surface area contributed by atoms with E-state index in [0.717, 1.165) is 0 Å². The van der Waals surface area contributed by atoms with E-state index in [4.69, 9.17) is 34.8 Å². The van der Waals surface area contributed by atoms with Gasteiger partial charge < -0.3 is 45.5 Å². The van der Waals surface area contributed by atoms with Gasteiger partial charge in [0.15, 0.2) is 16.9 Å². The van der Waals surface area contributed by atoms with Crippen molar-refractivity contribution in [3.63, 3.8) is 0 Å². The Morgan fingerprint density at radius 2 is 0.714 bits per heavy atom. The molecule has 3 amide bonds. The molecule has 12 aromatic heterocycles. The van der Waals surface area contributed by atoms with Crippen LogP contribution in [-0.2, 0) is 21.1 Å². The van der Waals surface area contributed by atoms with Crippen LogP contribution >= 0.6 is 34.8 Å². The van der Waals surface area contributed by atoms with Crippen LogP contribution in [0.2, 0.25) is 15.1 Å². The summed E-state index contributed by atoms with van der Waals surface area (Å²) in [5.74, 6) is -2.40. The van der Waals surface area contributed by atoms with Gasteiger partial charge in [-0.05, 0) is 72.8 Å². The smallest absolute Gasteiger partial charge is 0.387 e. The Morgan fingerprint density at radius 1 is 0.438 bits per heavy atom. The summed E-state index contributed by atoms with van der Waals surface area (Å²) in [5, 5.41) is 42.3. The quantitative estimate of drug-likeness (QED) is 0.0435. The SMILES string of the molecule is Cn1[nH]cc(-n2cc(NC(=O)c3cnn4cccnc34)c(-c3cc(Cl)ccc3OC(F)F)n2)c1=O.Cn1[nH]cc(-n2cc(NC(=O)c3cnn4cccnc34)c(-c3cc(Cl)ccc3OC(F)F)n2)c1=O.Cn1[nH]cc(-n2cc(NC(=O)c3cnn4cccnc34)c(-c3cc(Cl)ccc3OC(F)F)n2)c1=O. The number of nitrogens with one attached hydrogen (secondary N) is 6. The Morgan fingerprint density at radius 3 is 0.962 bits per heavy atom. The fourth-order valence-corrected chi connectivity index (χ4v) is 10.9. The number of carbonyl (C=O) groups excluding carboxylic acids is 3. The molecule has 0 atom stereocenters. The number of aryl methyl sites for hydroxylation is 3. The molecule has 0 aliphatic carbocycles. The number of anilines is 3. The molecule has 15 rings (SSSR count). The van der Waals surface area contributed by atoms with Crippen molar-refractivity contribution in [2.24, 2.45) is 21.1 Å². The third kappa shape index (κ3) is 14.6. The number of halogens is 9. The highest BCUT2D eigenvalue weighted by molar-refractivity contribution is 6.31. The van der Waals surface area contributed by atoms with Crippen LogP contribution in [0.25, 0.3) is 67.8 Å². The van der Waals surface area contributed by atoms with E-state index < -0.39 is 54.2 Å². The zero-order chi connectivity index (χ0) is 74.1. The van der Waals surface area contributed by atoms with E-state index >= 15 is 0 Å². The zero-order valence-corrected chi connectivity index (χ0v) is 55.7. The van der Waals surface area contributed by atoms with Crippen LogP contribution in [-0.4, -0.2) is 140 Å². The summed E-state index contributed by atoms with van der Waals surface area (Å²) in [6.45, 7) is -9.34. The van der Waals surface area contributed by atoms with Crippen molar-refractivity contribution in [2.75, 3.05) is 16.0 Å². The molecule has 0 radical (unpaired) electrons. The van der Waals surface area contributed by atoms with Crippen molar-refractivity contribution in [1.82, 2.24) is 102 Å². The normalized spacial score (nSPS) is 11.3. The highest BCUT2D eigenvalue weighted by Gasteiger charge is 2.28. The predicted molar refractivity (Wildman–Crippen MR) is 364 cm³/mol. The monoisotopic (exact) mass is 1500 g/mol. The van der Waals surface area contributed by atoms with Crippen LogP contribution in [0.15, 0.2) is 180 Å². The summed E-state index contributed by atoms with van der Waals surface area (Å²) < 4.78 is 104. The number of benzene rings is 3. The van der Waals surface area contributed by atoms with Crippen molar-refractivity contribution in [2.45, 2.75) is 19.8 Å². The minimum atomic E-state index is -3.11. The molecule has 0 bridgehead atoms. The lowest BCUT2D eigenvalue weighted by molar-refractivity contribution is -0.0501. The molecule has 3 aromatic carbocycles. The number of aromatic nitrogens is 21. The largest absolute Gasteiger partial charge is 0.434 e. The van der Waals surface area contributed by atoms with Crippen LogP contribution < -0.4 is 46.8 Å². The minimum Gasteiger partial charge on any atom is -0.434 e. The van der Waals surface area contributed by atoms with E-state index in [-0.39, 0.29) is 117 Å². The molecule has 105 heavy (non-hydrogen) atoms. The molecule has 0 fully saturated rings. The van der Waals surface area contributed by atoms with Crippen LogP contribution in [0.4, 0.5) is 43.4 Å². The Kier molecular flexibility index (Phi) is 19.4. The molecule has 0 spiro atoms. The second kappa shape index (κ2) is 29.2. The first kappa shape index (κ1) is 69.9. The first-order valence-corrected chi connectivity index (χ1v) is 31.1. The maximum Gasteiger partial charge on any atom is 0.387 e. The lowest BCUT2D eigenvalue weighted by Crippen LogP contribution is -2.16. The summed E-state index contributed by atoms with van der Waals surface area (Å²) in [5.41, 5.74) is 1.29. The average Bonchev–Trinajstić information content (AvgIpc) is 1.67. The van der Waals surface area contributed by atoms with Gasteiger partial charge >= 0.3 is 19.8 Å². The number of aromatic amines is 3. The molecule has 0 saturated heterocycles. The van der Waals surface area contributed by atoms with Crippen molar-refractivity contribution in [3.8, 4) is 68.1 Å². The van der Waals surface area contributed by atoms with Crippen LogP contribution in [0, 0.1) is 0 Å². The fourth-order valence-electron chi connectivity index (χ4n) is 10.4. The molecule has 0 aliphatic heterocycles. The number of hydrogen-bond acceptors (Lipinski definition) is 18. The van der Waals surface area contributed by atoms with Crippen molar-refractivity contribution >= 4 is 86.5 Å². The van der Waals surface area contributed by atoms with Gasteiger partial charge in [0.1, 0.15) is 68.1 Å². The fraction of sp³-hybridized carbons (Fsp3) is 0.0952. The van der Waals surface area contributed by atoms with E-state index in [9.17, 15) is 55.1 Å². The first-order chi connectivity index (χ1) is 50.4. The Bertz CT molecular complexity index is 5430. The van der Waals surface area contributed by atoms with E-state index in [1.54, 1.807) is 36.8 Å². The van der Waals surface area contributed by atoms with Crippen LogP contribution in [0.5, 0.6) is 17.2 Å². The number of alkyl halides is 6. The Balaban J connectivity index is 0.000000140. The van der Waals surface area contributed by atoms with Gasteiger partial charge in [0.2, 0.25) is 0 Å². The summed E-state index contributed by atoms with van der Waals surface area (Å²) in [4.78, 5) is 89.3. The molecule has 6 N–H and O–H groups in total. The molecular weight excluding hydrogens is 1460 g/mol. The summed E-state index contributed by atoms with van der Waals surface area (Å²) in [6.07, 6.45) is 21.8. The second-order valence-corrected chi connectivity index (χ2v) is 23.1. The maximum atomic E-state index is 13.1. The summed E-state index contributed by atoms with van der Waals surface area (Å²) >= 11 is 18.4. The number of nitrogens with zero attached hydrogens (tertiary/aromatic N) is 18. The number of fused-ring (bicyclic) bond motifs is 3. The first-order valence-electron chi connectivity index (χ1n) is 30.0. The van der Waals surface area contributed by atoms with Gasteiger partial charge in [0.05, 0.1) is 54.2 Å². The molecule has 33 nitrogen and oxygen atoms in total. The highest BCUT2D eigenvalue weighted by Crippen LogP contribution is 2.41. The number of rotatable bonds is 18. The van der Waals surface area contributed by atoms with Crippen molar-refractivity contribution in [1.29, 1.82) is 0 Å². The molecule has 0 saturated carbocycles. The van der Waals surface area contributed by atoms with Gasteiger partial charge in [-0.1, -0.05) is 34.8 Å². The molecule has 15 aromatic rings. The van der Waals surface area contributed by atoms with E-state index in [0.29, 0.717) is 16.9 Å². The topological polar surface area (TPSA) is 372 Å². The van der Waals surface area contributed by atoms with Crippen LogP contribution in [0.1, 0.15) is 31.1 Å². The van der Waals surface area contributed by atoms with E-state index in [1.807, 2.05) is 0 Å². The third-order valence-corrected chi connectivity index (χ3v) is 15.9. The van der Waals surface area contributed by atoms with Gasteiger partial charge in [-0.15, -0.1) is 0 Å². The van der Waals surface area contributed by atoms with Gasteiger partial charge in [-0.3, -0.25) is 42.8 Å².